The summed E-state index contributed by atoms with van der Waals surface area (Å²) in [6, 6.07) is 5.66. The van der Waals surface area contributed by atoms with Gasteiger partial charge in [-0.25, -0.2) is 4.98 Å². The zero-order chi connectivity index (χ0) is 17.9. The average molecular weight is 370 g/mol. The van der Waals surface area contributed by atoms with Crippen LogP contribution >= 0.6 is 11.3 Å². The molecule has 4 rings (SSSR count). The zero-order valence-electron chi connectivity index (χ0n) is 14.0. The molecule has 1 amide bonds. The van der Waals surface area contributed by atoms with E-state index in [0.29, 0.717) is 16.9 Å². The molecule has 1 fully saturated rings. The molecular weight excluding hydrogens is 352 g/mol. The molecule has 0 radical (unpaired) electrons. The zero-order valence-corrected chi connectivity index (χ0v) is 14.8. The SMILES string of the molecule is O=C(NCc1ccccn1)C1CCN(c2nc3nc[nH]c(=O)c3s2)CC1. The second kappa shape index (κ2) is 7.20. The van der Waals surface area contributed by atoms with E-state index in [2.05, 4.69) is 30.2 Å². The van der Waals surface area contributed by atoms with Crippen LogP contribution in [-0.4, -0.2) is 38.9 Å². The molecule has 1 aliphatic heterocycles. The molecule has 3 aromatic rings. The van der Waals surface area contributed by atoms with Crippen molar-refractivity contribution in [3.63, 3.8) is 0 Å². The number of anilines is 1. The number of aromatic nitrogens is 4. The highest BCUT2D eigenvalue weighted by Gasteiger charge is 2.26. The van der Waals surface area contributed by atoms with E-state index in [9.17, 15) is 9.59 Å². The number of H-pyrrole nitrogens is 1. The molecule has 4 heterocycles. The Labute approximate surface area is 153 Å². The molecule has 2 N–H and O–H groups in total. The highest BCUT2D eigenvalue weighted by molar-refractivity contribution is 7.22. The first kappa shape index (κ1) is 16.6. The Kier molecular flexibility index (Phi) is 4.61. The van der Waals surface area contributed by atoms with Crippen molar-refractivity contribution in [1.29, 1.82) is 0 Å². The maximum absolute atomic E-state index is 12.4. The van der Waals surface area contributed by atoms with Crippen molar-refractivity contribution in [3.05, 3.63) is 46.8 Å². The van der Waals surface area contributed by atoms with Gasteiger partial charge in [-0.3, -0.25) is 14.6 Å². The lowest BCUT2D eigenvalue weighted by Crippen LogP contribution is -2.40. The first-order valence-electron chi connectivity index (χ1n) is 8.47. The van der Waals surface area contributed by atoms with Crippen LogP contribution in [0.25, 0.3) is 10.3 Å². The number of hydrogen-bond acceptors (Lipinski definition) is 7. The number of nitrogens with zero attached hydrogens (tertiary/aromatic N) is 4. The number of amides is 1. The monoisotopic (exact) mass is 370 g/mol. The van der Waals surface area contributed by atoms with Crippen LogP contribution in [0.5, 0.6) is 0 Å². The van der Waals surface area contributed by atoms with Crippen LogP contribution in [0.3, 0.4) is 0 Å². The summed E-state index contributed by atoms with van der Waals surface area (Å²) in [5, 5.41) is 3.75. The highest BCUT2D eigenvalue weighted by Crippen LogP contribution is 2.29. The summed E-state index contributed by atoms with van der Waals surface area (Å²) in [4.78, 5) is 41.6. The fourth-order valence-corrected chi connectivity index (χ4v) is 4.01. The van der Waals surface area contributed by atoms with Gasteiger partial charge in [-0.1, -0.05) is 17.4 Å². The molecule has 1 aliphatic rings. The van der Waals surface area contributed by atoms with Crippen molar-refractivity contribution in [2.24, 2.45) is 5.92 Å². The van der Waals surface area contributed by atoms with Crippen LogP contribution in [0.4, 0.5) is 5.13 Å². The molecule has 9 heteroatoms. The van der Waals surface area contributed by atoms with E-state index in [1.807, 2.05) is 18.2 Å². The average Bonchev–Trinajstić information content (AvgIpc) is 3.13. The number of thiazole rings is 1. The van der Waals surface area contributed by atoms with Crippen LogP contribution in [0.1, 0.15) is 18.5 Å². The number of carbonyl (C=O) groups excluding carboxylic acids is 1. The molecule has 0 saturated carbocycles. The third kappa shape index (κ3) is 3.43. The van der Waals surface area contributed by atoms with E-state index in [0.717, 1.165) is 36.8 Å². The summed E-state index contributed by atoms with van der Waals surface area (Å²) >= 11 is 1.35. The van der Waals surface area contributed by atoms with E-state index in [1.165, 1.54) is 17.7 Å². The number of hydrogen-bond donors (Lipinski definition) is 2. The molecule has 26 heavy (non-hydrogen) atoms. The van der Waals surface area contributed by atoms with Crippen molar-refractivity contribution >= 4 is 32.7 Å². The Hall–Kier alpha value is -2.81. The van der Waals surface area contributed by atoms with E-state index in [-0.39, 0.29) is 17.4 Å². The second-order valence-electron chi connectivity index (χ2n) is 6.18. The standard InChI is InChI=1S/C17H18N6O2S/c24-15(19-9-12-3-1-2-6-18-12)11-4-7-23(8-5-11)17-22-14-13(26-17)16(25)21-10-20-14/h1-3,6,10-11H,4-5,7-9H2,(H,19,24)(H,20,21,25). The maximum Gasteiger partial charge on any atom is 0.270 e. The minimum atomic E-state index is -0.164. The van der Waals surface area contributed by atoms with Crippen LogP contribution in [0.15, 0.2) is 35.5 Å². The van der Waals surface area contributed by atoms with Crippen molar-refractivity contribution in [1.82, 2.24) is 25.3 Å². The van der Waals surface area contributed by atoms with Gasteiger partial charge in [0.2, 0.25) is 5.91 Å². The second-order valence-corrected chi connectivity index (χ2v) is 7.16. The maximum atomic E-state index is 12.4. The van der Waals surface area contributed by atoms with Gasteiger partial charge in [0, 0.05) is 25.2 Å². The first-order chi connectivity index (χ1) is 12.7. The quantitative estimate of drug-likeness (QED) is 0.718. The summed E-state index contributed by atoms with van der Waals surface area (Å²) in [5.74, 6) is 0.0589. The lowest BCUT2D eigenvalue weighted by molar-refractivity contribution is -0.125. The van der Waals surface area contributed by atoms with Crippen LogP contribution in [-0.2, 0) is 11.3 Å². The molecule has 0 bridgehead atoms. The Morgan fingerprint density at radius 3 is 2.88 bits per heavy atom. The molecule has 0 unspecified atom stereocenters. The van der Waals surface area contributed by atoms with Crippen LogP contribution < -0.4 is 15.8 Å². The number of nitrogens with one attached hydrogen (secondary N) is 2. The number of pyridine rings is 1. The number of rotatable bonds is 4. The highest BCUT2D eigenvalue weighted by atomic mass is 32.1. The Balaban J connectivity index is 1.35. The third-order valence-electron chi connectivity index (χ3n) is 4.49. The number of piperidine rings is 1. The van der Waals surface area contributed by atoms with Gasteiger partial charge in [-0.05, 0) is 25.0 Å². The minimum absolute atomic E-state index is 0.00846. The van der Waals surface area contributed by atoms with Gasteiger partial charge in [0.05, 0.1) is 18.6 Å². The summed E-state index contributed by atoms with van der Waals surface area (Å²) in [5.41, 5.74) is 1.16. The molecule has 0 aliphatic carbocycles. The molecule has 1 saturated heterocycles. The van der Waals surface area contributed by atoms with E-state index in [1.54, 1.807) is 6.20 Å². The number of carbonyl (C=O) groups is 1. The third-order valence-corrected chi connectivity index (χ3v) is 5.60. The fourth-order valence-electron chi connectivity index (χ4n) is 3.05. The Morgan fingerprint density at radius 1 is 1.31 bits per heavy atom. The molecule has 0 atom stereocenters. The van der Waals surface area contributed by atoms with E-state index in [4.69, 9.17) is 0 Å². The van der Waals surface area contributed by atoms with Crippen molar-refractivity contribution in [2.45, 2.75) is 19.4 Å². The van der Waals surface area contributed by atoms with Gasteiger partial charge in [0.1, 0.15) is 4.70 Å². The van der Waals surface area contributed by atoms with Gasteiger partial charge in [-0.2, -0.15) is 4.98 Å². The number of fused-ring (bicyclic) bond motifs is 1. The first-order valence-corrected chi connectivity index (χ1v) is 9.29. The van der Waals surface area contributed by atoms with Gasteiger partial charge in [0.25, 0.3) is 5.56 Å². The predicted molar refractivity (Wildman–Crippen MR) is 99.1 cm³/mol. The predicted octanol–water partition coefficient (Wildman–Crippen LogP) is 1.31. The lowest BCUT2D eigenvalue weighted by atomic mass is 9.96. The molecule has 0 spiro atoms. The number of aromatic amines is 1. The van der Waals surface area contributed by atoms with Gasteiger partial charge in [-0.15, -0.1) is 0 Å². The van der Waals surface area contributed by atoms with Crippen LogP contribution in [0, 0.1) is 5.92 Å². The fraction of sp³-hybridized carbons (Fsp3) is 0.353. The summed E-state index contributed by atoms with van der Waals surface area (Å²) in [6.07, 6.45) is 4.60. The minimum Gasteiger partial charge on any atom is -0.350 e. The van der Waals surface area contributed by atoms with E-state index >= 15 is 0 Å². The smallest absolute Gasteiger partial charge is 0.270 e. The summed E-state index contributed by atoms with van der Waals surface area (Å²) in [7, 11) is 0. The van der Waals surface area contributed by atoms with Crippen molar-refractivity contribution in [3.8, 4) is 0 Å². The Morgan fingerprint density at radius 2 is 2.15 bits per heavy atom. The van der Waals surface area contributed by atoms with Gasteiger partial charge >= 0.3 is 0 Å². The van der Waals surface area contributed by atoms with E-state index < -0.39 is 0 Å². The molecule has 3 aromatic heterocycles. The lowest BCUT2D eigenvalue weighted by Gasteiger charge is -2.30. The Bertz CT molecular complexity index is 962. The molecular formula is C17H18N6O2S. The largest absolute Gasteiger partial charge is 0.350 e. The van der Waals surface area contributed by atoms with Crippen LogP contribution in [0.2, 0.25) is 0 Å². The summed E-state index contributed by atoms with van der Waals surface area (Å²) in [6.45, 7) is 1.92. The van der Waals surface area contributed by atoms with Gasteiger partial charge < -0.3 is 15.2 Å². The van der Waals surface area contributed by atoms with Crippen molar-refractivity contribution < 1.29 is 4.79 Å². The summed E-state index contributed by atoms with van der Waals surface area (Å²) < 4.78 is 0.540. The molecule has 134 valence electrons. The normalized spacial score (nSPS) is 15.3. The van der Waals surface area contributed by atoms with Crippen molar-refractivity contribution in [2.75, 3.05) is 18.0 Å². The van der Waals surface area contributed by atoms with Gasteiger partial charge in [0.15, 0.2) is 10.8 Å². The molecule has 8 nitrogen and oxygen atoms in total. The molecule has 0 aromatic carbocycles. The topological polar surface area (TPSA) is 104 Å².